The van der Waals surface area contributed by atoms with Crippen LogP contribution in [0.5, 0.6) is 0 Å². The van der Waals surface area contributed by atoms with Crippen molar-refractivity contribution in [1.29, 1.82) is 0 Å². The Morgan fingerprint density at radius 3 is 2.03 bits per heavy atom. The summed E-state index contributed by atoms with van der Waals surface area (Å²) in [5.41, 5.74) is -0.135. The first-order chi connectivity index (χ1) is 34.0. The number of hydrogen-bond donors (Lipinski definition) is 9. The van der Waals surface area contributed by atoms with Gasteiger partial charge in [0.1, 0.15) is 18.3 Å². The molecule has 7 fully saturated rings. The van der Waals surface area contributed by atoms with E-state index in [1.165, 1.54) is 5.57 Å². The summed E-state index contributed by atoms with van der Waals surface area (Å²) >= 11 is 0. The van der Waals surface area contributed by atoms with Crippen LogP contribution in [0.3, 0.4) is 0 Å². The number of ether oxygens (including phenoxy) is 8. The van der Waals surface area contributed by atoms with Crippen molar-refractivity contribution in [3.63, 3.8) is 0 Å². The molecule has 4 saturated heterocycles. The lowest BCUT2D eigenvalue weighted by Crippen LogP contribution is -2.59. The van der Waals surface area contributed by atoms with Gasteiger partial charge in [0.05, 0.1) is 87.0 Å². The molecule has 4 aliphatic heterocycles. The molecule has 0 amide bonds. The molecule has 0 aromatic carbocycles. The first kappa shape index (κ1) is 57.0. The molecule has 9 N–H and O–H groups in total. The van der Waals surface area contributed by atoms with Gasteiger partial charge in [-0.25, -0.2) is 0 Å². The molecule has 414 valence electrons. The van der Waals surface area contributed by atoms with Gasteiger partial charge in [-0.15, -0.1) is 6.58 Å². The molecule has 3 saturated carbocycles. The second-order valence-corrected chi connectivity index (χ2v) is 25.0. The summed E-state index contributed by atoms with van der Waals surface area (Å²) in [6.07, 6.45) is 0.959. The number of aliphatic hydroxyl groups is 9. The minimum atomic E-state index is -1.35. The molecule has 4 heterocycles. The van der Waals surface area contributed by atoms with Crippen LogP contribution in [0, 0.1) is 45.3 Å². The van der Waals surface area contributed by atoms with Gasteiger partial charge in [0.2, 0.25) is 0 Å². The monoisotopic (exact) mass is 1020 g/mol. The van der Waals surface area contributed by atoms with Crippen molar-refractivity contribution < 1.29 is 83.9 Å². The average molecular weight is 1030 g/mol. The number of hydrogen-bond acceptors (Lipinski definition) is 17. The summed E-state index contributed by atoms with van der Waals surface area (Å²) in [6.45, 7) is 19.0. The average Bonchev–Trinajstić information content (AvgIpc) is 3.63. The third kappa shape index (κ3) is 11.2. The third-order valence-electron chi connectivity index (χ3n) is 19.7. The van der Waals surface area contributed by atoms with Gasteiger partial charge < -0.3 is 83.9 Å². The van der Waals surface area contributed by atoms with Crippen LogP contribution in [0.2, 0.25) is 0 Å². The Balaban J connectivity index is 0.959. The minimum absolute atomic E-state index is 0.0162. The molecular formula is C55H92O17. The summed E-state index contributed by atoms with van der Waals surface area (Å²) in [7, 11) is 0. The summed E-state index contributed by atoms with van der Waals surface area (Å²) in [5.74, 6) is 1.45. The third-order valence-corrected chi connectivity index (χ3v) is 19.7. The highest BCUT2D eigenvalue weighted by atomic mass is 16.8. The molecule has 17 heteroatoms. The zero-order valence-corrected chi connectivity index (χ0v) is 44.1. The van der Waals surface area contributed by atoms with Crippen LogP contribution < -0.4 is 0 Å². The highest BCUT2D eigenvalue weighted by Gasteiger charge is 2.68. The highest BCUT2D eigenvalue weighted by Crippen LogP contribution is 2.75. The van der Waals surface area contributed by atoms with Crippen molar-refractivity contribution in [3.8, 4) is 0 Å². The zero-order valence-electron chi connectivity index (χ0n) is 44.1. The van der Waals surface area contributed by atoms with E-state index in [-0.39, 0.29) is 79.2 Å². The number of aliphatic hydroxyl groups excluding tert-OH is 8. The molecule has 0 radical (unpaired) electrons. The van der Waals surface area contributed by atoms with Crippen molar-refractivity contribution >= 4 is 0 Å². The normalized spacial score (nSPS) is 47.4. The largest absolute Gasteiger partial charge is 0.394 e. The smallest absolute Gasteiger partial charge is 0.187 e. The summed E-state index contributed by atoms with van der Waals surface area (Å²) in [6, 6.07) is 0. The molecule has 17 nitrogen and oxygen atoms in total. The van der Waals surface area contributed by atoms with E-state index in [1.807, 2.05) is 0 Å². The topological polar surface area (TPSA) is 256 Å². The molecule has 23 atom stereocenters. The second-order valence-electron chi connectivity index (χ2n) is 25.0. The summed E-state index contributed by atoms with van der Waals surface area (Å²) in [4.78, 5) is 0. The quantitative estimate of drug-likeness (QED) is 0.0875. The Bertz CT molecular complexity index is 1830. The second kappa shape index (κ2) is 22.6. The zero-order chi connectivity index (χ0) is 52.1. The SMILES string of the molecule is C=C[C@@]12CCC([C@H](C)CC[C@@H](O[C@@H]3O[C@H](CO[C@H]4O[C@H](CO)[C@@H](O)C[C@H]4O)C[C@H](O)C3O[C@H]3C[C@@H](O)CC(CO)O3)C(C)(C)O)[C@@]1(C)CC[C@@]1(C)C3CC[C@H](O[C@H]4C[C@@H](O)C[C@@H](CO)O4)C(C)(C)C3=CCC12. The Morgan fingerprint density at radius 2 is 1.40 bits per heavy atom. The van der Waals surface area contributed by atoms with Gasteiger partial charge in [0.15, 0.2) is 25.2 Å². The van der Waals surface area contributed by atoms with Crippen molar-refractivity contribution in [3.05, 3.63) is 24.3 Å². The lowest BCUT2D eigenvalue weighted by molar-refractivity contribution is -0.347. The van der Waals surface area contributed by atoms with Gasteiger partial charge in [0, 0.05) is 43.9 Å². The van der Waals surface area contributed by atoms with Gasteiger partial charge in [-0.2, -0.15) is 0 Å². The van der Waals surface area contributed by atoms with E-state index in [1.54, 1.807) is 13.8 Å². The van der Waals surface area contributed by atoms with E-state index in [0.29, 0.717) is 37.0 Å². The molecular weight excluding hydrogens is 933 g/mol. The fraction of sp³-hybridized carbons (Fsp3) is 0.927. The molecule has 0 bridgehead atoms. The van der Waals surface area contributed by atoms with Gasteiger partial charge >= 0.3 is 0 Å². The van der Waals surface area contributed by atoms with Gasteiger partial charge in [0.25, 0.3) is 0 Å². The molecule has 0 aromatic heterocycles. The van der Waals surface area contributed by atoms with E-state index in [9.17, 15) is 46.0 Å². The van der Waals surface area contributed by atoms with Crippen LogP contribution in [0.4, 0.5) is 0 Å². The molecule has 72 heavy (non-hydrogen) atoms. The molecule has 8 rings (SSSR count). The number of allylic oxidation sites excluding steroid dienone is 2. The summed E-state index contributed by atoms with van der Waals surface area (Å²) < 4.78 is 49.9. The van der Waals surface area contributed by atoms with Crippen LogP contribution >= 0.6 is 0 Å². The van der Waals surface area contributed by atoms with Gasteiger partial charge in [-0.3, -0.25) is 0 Å². The number of rotatable bonds is 18. The number of fused-ring (bicyclic) bond motifs is 5. The fourth-order valence-electron chi connectivity index (χ4n) is 15.6. The van der Waals surface area contributed by atoms with Crippen LogP contribution in [0.25, 0.3) is 0 Å². The van der Waals surface area contributed by atoms with Crippen molar-refractivity contribution in [2.45, 2.75) is 249 Å². The van der Waals surface area contributed by atoms with Gasteiger partial charge in [-0.05, 0) is 112 Å². The Labute approximate surface area is 427 Å². The Kier molecular flexibility index (Phi) is 17.9. The molecule has 0 aromatic rings. The van der Waals surface area contributed by atoms with Crippen molar-refractivity contribution in [2.24, 2.45) is 45.3 Å². The molecule has 0 spiro atoms. The van der Waals surface area contributed by atoms with Crippen molar-refractivity contribution in [1.82, 2.24) is 0 Å². The van der Waals surface area contributed by atoms with Crippen LogP contribution in [-0.4, -0.2) is 176 Å². The predicted octanol–water partition coefficient (Wildman–Crippen LogP) is 4.14. The van der Waals surface area contributed by atoms with E-state index in [4.69, 9.17) is 37.9 Å². The van der Waals surface area contributed by atoms with E-state index in [0.717, 1.165) is 51.4 Å². The van der Waals surface area contributed by atoms with E-state index >= 15 is 0 Å². The highest BCUT2D eigenvalue weighted by molar-refractivity contribution is 5.32. The maximum absolute atomic E-state index is 11.8. The summed E-state index contributed by atoms with van der Waals surface area (Å²) in [5, 5.41) is 94.9. The maximum Gasteiger partial charge on any atom is 0.187 e. The predicted molar refractivity (Wildman–Crippen MR) is 262 cm³/mol. The lowest BCUT2D eigenvalue weighted by Gasteiger charge is -2.66. The Morgan fingerprint density at radius 1 is 0.736 bits per heavy atom. The van der Waals surface area contributed by atoms with E-state index in [2.05, 4.69) is 53.3 Å². The molecule has 4 aliphatic carbocycles. The minimum Gasteiger partial charge on any atom is -0.394 e. The van der Waals surface area contributed by atoms with Crippen LogP contribution in [0.15, 0.2) is 24.3 Å². The first-order valence-corrected chi connectivity index (χ1v) is 27.5. The fourth-order valence-corrected chi connectivity index (χ4v) is 15.6. The van der Waals surface area contributed by atoms with E-state index < -0.39 is 105 Å². The van der Waals surface area contributed by atoms with Crippen LogP contribution in [0.1, 0.15) is 145 Å². The van der Waals surface area contributed by atoms with Gasteiger partial charge in [-0.1, -0.05) is 52.3 Å². The Hall–Kier alpha value is -1.20. The van der Waals surface area contributed by atoms with Crippen LogP contribution in [-0.2, 0) is 37.9 Å². The maximum atomic E-state index is 11.8. The lowest BCUT2D eigenvalue weighted by atomic mass is 9.38. The molecule has 5 unspecified atom stereocenters. The molecule has 8 aliphatic rings. The first-order valence-electron chi connectivity index (χ1n) is 27.5. The standard InChI is InChI=1S/C55H92O17/c1-9-55-17-16-36(54(55,8)19-18-53(7)38-12-15-44(51(3,4)37(38)11-13-43(53)55)70-46-22-31(59)20-33(26-56)66-46)30(2)10-14-45(52(5,6)64)71-50-48(72-47-23-32(60)21-34(27-57)67-47)40(62)24-35(68-50)29-65-49-41(63)25-39(61)42(28-58)69-49/h9,11,30-36,38-50,56-64H,1,10,12-29H2,2-8H3/t30-,31+,32+,33+,34?,35+,36?,38?,39+,40+,41-,42-,43?,44+,45-,46+,47+,48?,49+,50+,53+,54-,55+/m1/s1. The van der Waals surface area contributed by atoms with Crippen molar-refractivity contribution in [2.75, 3.05) is 26.4 Å².